The molecule has 4 nitrogen and oxygen atoms in total. The maximum atomic E-state index is 11.6. The molecule has 1 atom stereocenters. The molecule has 0 aliphatic carbocycles. The van der Waals surface area contributed by atoms with Gasteiger partial charge in [0, 0.05) is 5.38 Å². The monoisotopic (exact) mass is 291 g/mol. The van der Waals surface area contributed by atoms with Crippen LogP contribution in [0.25, 0.3) is 0 Å². The zero-order valence-corrected chi connectivity index (χ0v) is 10.6. The molecule has 0 unspecified atom stereocenters. The van der Waals surface area contributed by atoms with Crippen LogP contribution in [0.4, 0.5) is 0 Å². The van der Waals surface area contributed by atoms with E-state index in [1.54, 1.807) is 18.4 Å². The summed E-state index contributed by atoms with van der Waals surface area (Å²) in [5.74, 6) is -0.743. The number of carbonyl (C=O) groups is 2. The second kappa shape index (κ2) is 5.27. The van der Waals surface area contributed by atoms with E-state index in [4.69, 9.17) is 0 Å². The molecule has 1 aromatic rings. The maximum Gasteiger partial charge on any atom is 0.328 e. The SMILES string of the molecule is COC(=O)[C@H](C)NC(=O)c1csc(Br)c1. The van der Waals surface area contributed by atoms with Crippen molar-refractivity contribution in [2.24, 2.45) is 0 Å². The van der Waals surface area contributed by atoms with Gasteiger partial charge in [0.2, 0.25) is 0 Å². The fourth-order valence-electron chi connectivity index (χ4n) is 0.945. The Morgan fingerprint density at radius 3 is 2.73 bits per heavy atom. The molecule has 0 radical (unpaired) electrons. The predicted molar refractivity (Wildman–Crippen MR) is 61.0 cm³/mol. The van der Waals surface area contributed by atoms with Crippen LogP contribution in [0.1, 0.15) is 17.3 Å². The minimum absolute atomic E-state index is 0.283. The van der Waals surface area contributed by atoms with Gasteiger partial charge in [-0.3, -0.25) is 4.79 Å². The molecule has 0 aromatic carbocycles. The number of ether oxygens (including phenoxy) is 1. The average molecular weight is 292 g/mol. The van der Waals surface area contributed by atoms with E-state index < -0.39 is 12.0 Å². The first kappa shape index (κ1) is 12.2. The first-order valence-corrected chi connectivity index (χ1v) is 5.84. The zero-order valence-electron chi connectivity index (χ0n) is 8.24. The highest BCUT2D eigenvalue weighted by atomic mass is 79.9. The van der Waals surface area contributed by atoms with Gasteiger partial charge in [0.25, 0.3) is 5.91 Å². The molecule has 1 N–H and O–H groups in total. The van der Waals surface area contributed by atoms with E-state index in [0.717, 1.165) is 3.79 Å². The normalized spacial score (nSPS) is 11.9. The van der Waals surface area contributed by atoms with Gasteiger partial charge in [0.05, 0.1) is 16.5 Å². The summed E-state index contributed by atoms with van der Waals surface area (Å²) in [6.45, 7) is 1.57. The summed E-state index contributed by atoms with van der Waals surface area (Å²) in [6.07, 6.45) is 0. The molecule has 15 heavy (non-hydrogen) atoms. The second-order valence-corrected chi connectivity index (χ2v) is 5.15. The molecular formula is C9H10BrNO3S. The van der Waals surface area contributed by atoms with Crippen LogP contribution in [0.15, 0.2) is 15.2 Å². The van der Waals surface area contributed by atoms with Crippen molar-refractivity contribution >= 4 is 39.1 Å². The van der Waals surface area contributed by atoms with Gasteiger partial charge in [-0.25, -0.2) is 4.79 Å². The summed E-state index contributed by atoms with van der Waals surface area (Å²) in [5, 5.41) is 4.24. The molecule has 0 saturated carbocycles. The topological polar surface area (TPSA) is 55.4 Å². The molecule has 1 rings (SSSR count). The van der Waals surface area contributed by atoms with Crippen LogP contribution in [0.2, 0.25) is 0 Å². The van der Waals surface area contributed by atoms with Crippen molar-refractivity contribution in [1.82, 2.24) is 5.32 Å². The number of carbonyl (C=O) groups excluding carboxylic acids is 2. The van der Waals surface area contributed by atoms with Gasteiger partial charge >= 0.3 is 5.97 Å². The van der Waals surface area contributed by atoms with E-state index >= 15 is 0 Å². The number of methoxy groups -OCH3 is 1. The third-order valence-electron chi connectivity index (χ3n) is 1.73. The number of halogens is 1. The Labute approximate surface area is 99.8 Å². The summed E-state index contributed by atoms with van der Waals surface area (Å²) in [7, 11) is 1.28. The first-order chi connectivity index (χ1) is 7.04. The van der Waals surface area contributed by atoms with Gasteiger partial charge in [-0.05, 0) is 28.9 Å². The molecule has 0 bridgehead atoms. The van der Waals surface area contributed by atoms with E-state index in [2.05, 4.69) is 26.0 Å². The lowest BCUT2D eigenvalue weighted by molar-refractivity contribution is -0.142. The van der Waals surface area contributed by atoms with E-state index in [-0.39, 0.29) is 5.91 Å². The van der Waals surface area contributed by atoms with Gasteiger partial charge < -0.3 is 10.1 Å². The molecule has 1 heterocycles. The average Bonchev–Trinajstić information content (AvgIpc) is 2.63. The second-order valence-electron chi connectivity index (χ2n) is 2.86. The van der Waals surface area contributed by atoms with Crippen LogP contribution in [-0.4, -0.2) is 25.0 Å². The first-order valence-electron chi connectivity index (χ1n) is 4.17. The number of hydrogen-bond donors (Lipinski definition) is 1. The van der Waals surface area contributed by atoms with Crippen molar-refractivity contribution < 1.29 is 14.3 Å². The van der Waals surface area contributed by atoms with Crippen LogP contribution >= 0.6 is 27.3 Å². The van der Waals surface area contributed by atoms with Crippen molar-refractivity contribution in [3.8, 4) is 0 Å². The number of rotatable bonds is 3. The van der Waals surface area contributed by atoms with Gasteiger partial charge in [-0.2, -0.15) is 0 Å². The summed E-state index contributed by atoms with van der Waals surface area (Å²) >= 11 is 4.67. The van der Waals surface area contributed by atoms with E-state index in [0.29, 0.717) is 5.56 Å². The zero-order chi connectivity index (χ0) is 11.4. The molecule has 1 amide bonds. The van der Waals surface area contributed by atoms with Crippen molar-refractivity contribution in [3.63, 3.8) is 0 Å². The van der Waals surface area contributed by atoms with Crippen LogP contribution in [0.3, 0.4) is 0 Å². The molecule has 82 valence electrons. The lowest BCUT2D eigenvalue weighted by Gasteiger charge is -2.10. The lowest BCUT2D eigenvalue weighted by atomic mass is 10.3. The van der Waals surface area contributed by atoms with E-state index in [1.165, 1.54) is 18.4 Å². The number of hydrogen-bond acceptors (Lipinski definition) is 4. The number of nitrogens with one attached hydrogen (secondary N) is 1. The van der Waals surface area contributed by atoms with Crippen molar-refractivity contribution in [1.29, 1.82) is 0 Å². The fraction of sp³-hybridized carbons (Fsp3) is 0.333. The molecular weight excluding hydrogens is 282 g/mol. The van der Waals surface area contributed by atoms with Crippen molar-refractivity contribution in [2.45, 2.75) is 13.0 Å². The minimum Gasteiger partial charge on any atom is -0.467 e. The fourth-order valence-corrected chi connectivity index (χ4v) is 2.08. The molecule has 0 saturated heterocycles. The third-order valence-corrected chi connectivity index (χ3v) is 3.24. The van der Waals surface area contributed by atoms with E-state index in [1.807, 2.05) is 0 Å². The standard InChI is InChI=1S/C9H10BrNO3S/c1-5(9(13)14-2)11-8(12)6-3-7(10)15-4-6/h3-5H,1-2H3,(H,11,12)/t5-/m0/s1. The Morgan fingerprint density at radius 2 is 2.27 bits per heavy atom. The molecule has 0 aliphatic rings. The van der Waals surface area contributed by atoms with Crippen LogP contribution in [-0.2, 0) is 9.53 Å². The highest BCUT2D eigenvalue weighted by Gasteiger charge is 2.17. The molecule has 0 aliphatic heterocycles. The van der Waals surface area contributed by atoms with E-state index in [9.17, 15) is 9.59 Å². The number of esters is 1. The smallest absolute Gasteiger partial charge is 0.328 e. The molecule has 6 heteroatoms. The summed E-state index contributed by atoms with van der Waals surface area (Å²) in [6, 6.07) is 1.06. The Hall–Kier alpha value is -0.880. The Balaban J connectivity index is 2.60. The van der Waals surface area contributed by atoms with Crippen LogP contribution in [0.5, 0.6) is 0 Å². The third kappa shape index (κ3) is 3.32. The van der Waals surface area contributed by atoms with Gasteiger partial charge in [-0.1, -0.05) is 0 Å². The van der Waals surface area contributed by atoms with Crippen LogP contribution < -0.4 is 5.32 Å². The highest BCUT2D eigenvalue weighted by molar-refractivity contribution is 9.11. The highest BCUT2D eigenvalue weighted by Crippen LogP contribution is 2.20. The Kier molecular flexibility index (Phi) is 4.28. The lowest BCUT2D eigenvalue weighted by Crippen LogP contribution is -2.38. The maximum absolute atomic E-state index is 11.6. The molecule has 1 aromatic heterocycles. The largest absolute Gasteiger partial charge is 0.467 e. The van der Waals surface area contributed by atoms with Gasteiger partial charge in [-0.15, -0.1) is 11.3 Å². The Morgan fingerprint density at radius 1 is 1.60 bits per heavy atom. The summed E-state index contributed by atoms with van der Waals surface area (Å²) in [4.78, 5) is 22.6. The quantitative estimate of drug-likeness (QED) is 0.864. The van der Waals surface area contributed by atoms with Gasteiger partial charge in [0.15, 0.2) is 0 Å². The molecule has 0 fully saturated rings. The summed E-state index contributed by atoms with van der Waals surface area (Å²) in [5.41, 5.74) is 0.530. The summed E-state index contributed by atoms with van der Waals surface area (Å²) < 4.78 is 5.37. The number of thiophene rings is 1. The van der Waals surface area contributed by atoms with Crippen molar-refractivity contribution in [2.75, 3.05) is 7.11 Å². The Bertz CT molecular complexity index is 377. The van der Waals surface area contributed by atoms with Gasteiger partial charge in [0.1, 0.15) is 6.04 Å². The minimum atomic E-state index is -0.638. The van der Waals surface area contributed by atoms with Crippen LogP contribution in [0, 0.1) is 0 Å². The van der Waals surface area contributed by atoms with Crippen molar-refractivity contribution in [3.05, 3.63) is 20.8 Å². The predicted octanol–water partition coefficient (Wildman–Crippen LogP) is 1.80. The molecule has 0 spiro atoms. The number of amides is 1.